The minimum Gasteiger partial charge on any atom is -0.508 e. The number of aromatic hydroxyl groups is 1. The molecule has 3 amide bonds. The Labute approximate surface area is 346 Å². The summed E-state index contributed by atoms with van der Waals surface area (Å²) in [6, 6.07) is 16.6. The zero-order valence-corrected chi connectivity index (χ0v) is 33.4. The van der Waals surface area contributed by atoms with Crippen LogP contribution in [0.5, 0.6) is 5.75 Å². The number of phenolic OH excluding ortho intramolecular Hbond substituents is 1. The van der Waals surface area contributed by atoms with E-state index in [4.69, 9.17) is 15.1 Å². The van der Waals surface area contributed by atoms with Gasteiger partial charge in [-0.05, 0) is 60.1 Å². The van der Waals surface area contributed by atoms with Gasteiger partial charge in [0.2, 0.25) is 17.7 Å². The number of nitrogens with one attached hydrogen (secondary N) is 5. The lowest BCUT2D eigenvalue weighted by atomic mass is 10.00. The molecule has 0 bridgehead atoms. The number of phenols is 1. The molecule has 1 unspecified atom stereocenters. The highest BCUT2D eigenvalue weighted by Crippen LogP contribution is 2.13. The lowest BCUT2D eigenvalue weighted by molar-refractivity contribution is -0.141. The van der Waals surface area contributed by atoms with E-state index < -0.39 is 94.9 Å². The van der Waals surface area contributed by atoms with Crippen molar-refractivity contribution < 1.29 is 61.6 Å². The fourth-order valence-corrected chi connectivity index (χ4v) is 6.22. The van der Waals surface area contributed by atoms with Gasteiger partial charge in [-0.3, -0.25) is 43.5 Å². The molecule has 21 heteroatoms. The first kappa shape index (κ1) is 50.2. The largest absolute Gasteiger partial charge is 0.508 e. The summed E-state index contributed by atoms with van der Waals surface area (Å²) in [5, 5.41) is 29.3. The lowest BCUT2D eigenvalue weighted by Gasteiger charge is -2.23. The van der Waals surface area contributed by atoms with Crippen LogP contribution in [0.15, 0.2) is 78.9 Å². The van der Waals surface area contributed by atoms with E-state index in [1.54, 1.807) is 36.4 Å². The molecule has 0 aliphatic rings. The van der Waals surface area contributed by atoms with Gasteiger partial charge in [-0.2, -0.15) is 13.9 Å². The molecule has 13 N–H and O–H groups in total. The van der Waals surface area contributed by atoms with Crippen molar-refractivity contribution in [3.8, 4) is 5.75 Å². The van der Waals surface area contributed by atoms with Gasteiger partial charge in [0.05, 0.1) is 44.2 Å². The highest BCUT2D eigenvalue weighted by molar-refractivity contribution is 7.85. The second-order valence-corrected chi connectivity index (χ2v) is 14.9. The molecule has 0 heterocycles. The van der Waals surface area contributed by atoms with Crippen LogP contribution in [0.2, 0.25) is 0 Å². The van der Waals surface area contributed by atoms with Gasteiger partial charge in [0.1, 0.15) is 30.4 Å². The molecular formula is C39H51N7O13S. The van der Waals surface area contributed by atoms with E-state index in [9.17, 15) is 52.2 Å². The number of hydrogen-bond donors (Lipinski definition) is 10. The summed E-state index contributed by atoms with van der Waals surface area (Å²) >= 11 is 0. The molecule has 3 aromatic rings. The van der Waals surface area contributed by atoms with Crippen LogP contribution < -0.4 is 38.6 Å². The second kappa shape index (κ2) is 25.5. The molecule has 326 valence electrons. The number of nitrogens with two attached hydrogens (primary N) is 1. The van der Waals surface area contributed by atoms with Crippen molar-refractivity contribution in [1.29, 1.82) is 0 Å². The van der Waals surface area contributed by atoms with Crippen LogP contribution in [-0.2, 0) is 73.5 Å². The van der Waals surface area contributed by atoms with Crippen molar-refractivity contribution >= 4 is 51.7 Å². The molecule has 0 aliphatic heterocycles. The molecule has 0 spiro atoms. The number of hydrogen-bond acceptors (Lipinski definition) is 15. The lowest BCUT2D eigenvalue weighted by Crippen LogP contribution is -2.54. The standard InChI is InChI=1S/C39H48N6O13S.H3N/c40-38(53)33(17-27-10-13-30(47)14-11-27)42-19-31(48)23-58-43-21-36(50)44-34(18-37(51)52)39(54)45-32(15-12-25-6-8-28(9-7-25)24-59(55,56)57)35(49)20-41-29(22-46)16-26-4-2-1-3-5-26;/h1-11,13-14,22,29,32-34,41-43,47H,12,15-21,23-24H2,(H2,40,53)(H,44,50)(H,45,54)(H,51,52)(H,55,56,57);1H3/t29-,32?,33-,34-;/m0./s1. The van der Waals surface area contributed by atoms with Crippen molar-refractivity contribution in [2.75, 3.05) is 26.2 Å². The molecule has 0 aliphatic carbocycles. The third-order valence-electron chi connectivity index (χ3n) is 8.66. The van der Waals surface area contributed by atoms with Gasteiger partial charge in [0.25, 0.3) is 10.1 Å². The Morgan fingerprint density at radius 3 is 1.97 bits per heavy atom. The normalized spacial score (nSPS) is 13.1. The average molecular weight is 858 g/mol. The zero-order chi connectivity index (χ0) is 43.4. The maximum atomic E-state index is 13.5. The first-order chi connectivity index (χ1) is 28.0. The highest BCUT2D eigenvalue weighted by Gasteiger charge is 2.29. The number of carboxylic acids is 1. The van der Waals surface area contributed by atoms with Crippen LogP contribution in [0, 0.1) is 0 Å². The van der Waals surface area contributed by atoms with Gasteiger partial charge in [-0.1, -0.05) is 66.7 Å². The van der Waals surface area contributed by atoms with Gasteiger partial charge in [-0.15, -0.1) is 0 Å². The van der Waals surface area contributed by atoms with Gasteiger partial charge in [-0.25, -0.2) is 0 Å². The smallest absolute Gasteiger partial charge is 0.305 e. The number of aryl methyl sites for hydroxylation is 1. The number of rotatable bonds is 28. The minimum atomic E-state index is -4.27. The van der Waals surface area contributed by atoms with Crippen molar-refractivity contribution in [2.24, 2.45) is 5.73 Å². The number of aliphatic carboxylic acids is 1. The number of carbonyl (C=O) groups is 7. The fourth-order valence-electron chi connectivity index (χ4n) is 5.61. The molecule has 0 saturated heterocycles. The van der Waals surface area contributed by atoms with Crippen LogP contribution in [0.3, 0.4) is 0 Å². The van der Waals surface area contributed by atoms with Crippen LogP contribution in [0.1, 0.15) is 35.1 Å². The van der Waals surface area contributed by atoms with E-state index in [-0.39, 0.29) is 50.7 Å². The van der Waals surface area contributed by atoms with E-state index in [1.807, 2.05) is 18.2 Å². The Balaban J connectivity index is 0.0000124. The molecular weight excluding hydrogens is 807 g/mol. The molecule has 0 fully saturated rings. The SMILES string of the molecule is N.NC(=O)[C@H](Cc1ccc(O)cc1)NCC(=O)CONCC(=O)N[C@@H](CC(=O)O)C(=O)NC(CCc1ccc(CS(=O)(=O)O)cc1)C(=O)CN[C@H](C=O)Cc1ccccc1. The molecule has 60 heavy (non-hydrogen) atoms. The summed E-state index contributed by atoms with van der Waals surface area (Å²) in [5.74, 6) is -5.72. The monoisotopic (exact) mass is 857 g/mol. The first-order valence-electron chi connectivity index (χ1n) is 18.3. The number of primary amides is 1. The van der Waals surface area contributed by atoms with Gasteiger partial charge >= 0.3 is 5.97 Å². The summed E-state index contributed by atoms with van der Waals surface area (Å²) in [5.41, 5.74) is 10.1. The molecule has 3 aromatic carbocycles. The second-order valence-electron chi connectivity index (χ2n) is 13.5. The van der Waals surface area contributed by atoms with Gasteiger partial charge in [0, 0.05) is 0 Å². The Morgan fingerprint density at radius 2 is 1.37 bits per heavy atom. The number of hydroxylamine groups is 1. The summed E-state index contributed by atoms with van der Waals surface area (Å²) in [7, 11) is -4.27. The third-order valence-corrected chi connectivity index (χ3v) is 9.36. The van der Waals surface area contributed by atoms with E-state index >= 15 is 0 Å². The van der Waals surface area contributed by atoms with Crippen LogP contribution in [0.25, 0.3) is 0 Å². The molecule has 0 aromatic heterocycles. The summed E-state index contributed by atoms with van der Waals surface area (Å²) in [6.45, 7) is -1.86. The Hall–Kier alpha value is -5.94. The number of carboxylic acid groups (broad SMARTS) is 1. The Bertz CT molecular complexity index is 2000. The van der Waals surface area contributed by atoms with E-state index in [0.717, 1.165) is 5.56 Å². The summed E-state index contributed by atoms with van der Waals surface area (Å²) < 4.78 is 31.6. The van der Waals surface area contributed by atoms with Gasteiger partial charge in [0.15, 0.2) is 11.6 Å². The number of ketones is 2. The van der Waals surface area contributed by atoms with E-state index in [2.05, 4.69) is 26.7 Å². The third kappa shape index (κ3) is 19.7. The number of aldehydes is 1. The van der Waals surface area contributed by atoms with Crippen LogP contribution >= 0.6 is 0 Å². The highest BCUT2D eigenvalue weighted by atomic mass is 32.2. The topological polar surface area (TPSA) is 345 Å². The zero-order valence-electron chi connectivity index (χ0n) is 32.6. The first-order valence-corrected chi connectivity index (χ1v) is 19.9. The molecule has 0 saturated carbocycles. The predicted octanol–water partition coefficient (Wildman–Crippen LogP) is -0.936. The molecule has 3 rings (SSSR count). The number of amides is 3. The van der Waals surface area contributed by atoms with Crippen LogP contribution in [-0.4, -0.2) is 115 Å². The van der Waals surface area contributed by atoms with E-state index in [1.165, 1.54) is 24.3 Å². The van der Waals surface area contributed by atoms with Crippen molar-refractivity contribution in [1.82, 2.24) is 32.9 Å². The Kier molecular flexibility index (Phi) is 21.4. The van der Waals surface area contributed by atoms with Gasteiger partial charge < -0.3 is 42.8 Å². The van der Waals surface area contributed by atoms with E-state index in [0.29, 0.717) is 23.0 Å². The van der Waals surface area contributed by atoms with Crippen molar-refractivity contribution in [3.05, 3.63) is 101 Å². The molecule has 20 nitrogen and oxygen atoms in total. The average Bonchev–Trinajstić information content (AvgIpc) is 3.18. The van der Waals surface area contributed by atoms with Crippen molar-refractivity contribution in [3.63, 3.8) is 0 Å². The van der Waals surface area contributed by atoms with Crippen LogP contribution in [0.4, 0.5) is 0 Å². The number of Topliss-reactive ketones (excluding diaryl/α,β-unsaturated/α-hetero) is 2. The maximum Gasteiger partial charge on any atom is 0.305 e. The quantitative estimate of drug-likeness (QED) is 0.0182. The minimum absolute atomic E-state index is 0. The molecule has 0 radical (unpaired) electrons. The summed E-state index contributed by atoms with van der Waals surface area (Å²) in [4.78, 5) is 92.4. The summed E-state index contributed by atoms with van der Waals surface area (Å²) in [6.07, 6.45) is 0.356. The predicted molar refractivity (Wildman–Crippen MR) is 216 cm³/mol. The number of benzene rings is 3. The molecule has 4 atom stereocenters. The van der Waals surface area contributed by atoms with Crippen molar-refractivity contribution in [2.45, 2.75) is 62.0 Å². The number of carbonyl (C=O) groups excluding carboxylic acids is 6. The maximum absolute atomic E-state index is 13.5. The fraction of sp³-hybridized carbons (Fsp3) is 0.359. The Morgan fingerprint density at radius 1 is 0.750 bits per heavy atom.